The van der Waals surface area contributed by atoms with Crippen molar-refractivity contribution in [1.29, 1.82) is 0 Å². The van der Waals surface area contributed by atoms with Gasteiger partial charge in [-0.15, -0.1) is 0 Å². The second-order valence-corrected chi connectivity index (χ2v) is 5.52. The van der Waals surface area contributed by atoms with Crippen molar-refractivity contribution < 1.29 is 5.11 Å². The van der Waals surface area contributed by atoms with E-state index in [9.17, 15) is 9.90 Å². The highest BCUT2D eigenvalue weighted by atomic mass is 35.5. The summed E-state index contributed by atoms with van der Waals surface area (Å²) < 4.78 is 0. The maximum atomic E-state index is 11.9. The minimum absolute atomic E-state index is 0.0321. The number of halogens is 1. The number of rotatable bonds is 5. The average Bonchev–Trinajstić information content (AvgIpc) is 2.38. The molecule has 0 aliphatic carbocycles. The third kappa shape index (κ3) is 3.36. The lowest BCUT2D eigenvalue weighted by molar-refractivity contribution is 0.209. The van der Waals surface area contributed by atoms with Gasteiger partial charge in [0.15, 0.2) is 0 Å². The molecule has 0 aliphatic rings. The van der Waals surface area contributed by atoms with Crippen LogP contribution in [0.1, 0.15) is 19.7 Å². The van der Waals surface area contributed by atoms with E-state index in [1.54, 1.807) is 18.2 Å². The molecule has 0 radical (unpaired) electrons. The highest BCUT2D eigenvalue weighted by Crippen LogP contribution is 2.14. The Morgan fingerprint density at radius 3 is 2.85 bits per heavy atom. The van der Waals surface area contributed by atoms with Crippen LogP contribution in [0.5, 0.6) is 0 Å². The maximum Gasteiger partial charge on any atom is 0.258 e. The van der Waals surface area contributed by atoms with Crippen LogP contribution in [-0.2, 0) is 6.54 Å². The number of fused-ring (bicyclic) bond motifs is 1. The topological polar surface area (TPSA) is 78.0 Å². The number of aliphatic hydroxyl groups excluding tert-OH is 1. The van der Waals surface area contributed by atoms with Crippen molar-refractivity contribution in [2.75, 3.05) is 6.61 Å². The molecule has 2 aromatic rings. The standard InChI is InChI=1S/C14H18ClN3O2/c1-8(2)12(7-19)16-6-13-17-11-5-9(15)3-4-10(11)14(20)18-13/h3-5,8,12,16,19H,6-7H2,1-2H3,(H,17,18,20). The van der Waals surface area contributed by atoms with E-state index >= 15 is 0 Å². The molecule has 108 valence electrons. The fourth-order valence-electron chi connectivity index (χ4n) is 1.98. The van der Waals surface area contributed by atoms with E-state index < -0.39 is 0 Å². The van der Waals surface area contributed by atoms with E-state index in [4.69, 9.17) is 11.6 Å². The summed E-state index contributed by atoms with van der Waals surface area (Å²) in [5, 5.41) is 13.5. The Bertz CT molecular complexity index is 654. The smallest absolute Gasteiger partial charge is 0.258 e. The van der Waals surface area contributed by atoms with Crippen LogP contribution in [0.25, 0.3) is 10.9 Å². The zero-order valence-electron chi connectivity index (χ0n) is 11.5. The number of hydrogen-bond acceptors (Lipinski definition) is 4. The molecular formula is C14H18ClN3O2. The number of H-pyrrole nitrogens is 1. The van der Waals surface area contributed by atoms with Crippen LogP contribution in [0.15, 0.2) is 23.0 Å². The second-order valence-electron chi connectivity index (χ2n) is 5.09. The number of benzene rings is 1. The van der Waals surface area contributed by atoms with Crippen LogP contribution in [0.4, 0.5) is 0 Å². The first-order valence-electron chi connectivity index (χ1n) is 6.54. The van der Waals surface area contributed by atoms with Gasteiger partial charge in [-0.05, 0) is 24.1 Å². The fraction of sp³-hybridized carbons (Fsp3) is 0.429. The van der Waals surface area contributed by atoms with Crippen LogP contribution < -0.4 is 10.9 Å². The van der Waals surface area contributed by atoms with Crippen molar-refractivity contribution in [3.8, 4) is 0 Å². The van der Waals surface area contributed by atoms with Crippen molar-refractivity contribution >= 4 is 22.5 Å². The molecule has 1 unspecified atom stereocenters. The van der Waals surface area contributed by atoms with Gasteiger partial charge < -0.3 is 15.4 Å². The summed E-state index contributed by atoms with van der Waals surface area (Å²) in [6, 6.07) is 4.96. The Labute approximate surface area is 122 Å². The Morgan fingerprint density at radius 2 is 2.20 bits per heavy atom. The number of nitrogens with one attached hydrogen (secondary N) is 2. The number of hydrogen-bond donors (Lipinski definition) is 3. The van der Waals surface area contributed by atoms with Gasteiger partial charge in [0.2, 0.25) is 0 Å². The zero-order valence-corrected chi connectivity index (χ0v) is 12.2. The van der Waals surface area contributed by atoms with Crippen molar-refractivity contribution in [3.05, 3.63) is 39.4 Å². The minimum Gasteiger partial charge on any atom is -0.395 e. The van der Waals surface area contributed by atoms with Gasteiger partial charge >= 0.3 is 0 Å². The summed E-state index contributed by atoms with van der Waals surface area (Å²) in [4.78, 5) is 19.1. The number of aromatic nitrogens is 2. The van der Waals surface area contributed by atoms with E-state index in [1.165, 1.54) is 0 Å². The van der Waals surface area contributed by atoms with Gasteiger partial charge in [0.1, 0.15) is 5.82 Å². The highest BCUT2D eigenvalue weighted by molar-refractivity contribution is 6.31. The van der Waals surface area contributed by atoms with Gasteiger partial charge in [-0.1, -0.05) is 25.4 Å². The van der Waals surface area contributed by atoms with Crippen LogP contribution in [-0.4, -0.2) is 27.7 Å². The van der Waals surface area contributed by atoms with Gasteiger partial charge in [-0.25, -0.2) is 4.98 Å². The Morgan fingerprint density at radius 1 is 1.45 bits per heavy atom. The normalized spacial score (nSPS) is 13.1. The van der Waals surface area contributed by atoms with E-state index in [2.05, 4.69) is 15.3 Å². The molecule has 0 amide bonds. The number of nitrogens with zero attached hydrogens (tertiary/aromatic N) is 1. The third-order valence-electron chi connectivity index (χ3n) is 3.25. The molecule has 0 aliphatic heterocycles. The van der Waals surface area contributed by atoms with Gasteiger partial charge in [-0.3, -0.25) is 4.79 Å². The molecular weight excluding hydrogens is 278 g/mol. The first-order valence-corrected chi connectivity index (χ1v) is 6.91. The van der Waals surface area contributed by atoms with Gasteiger partial charge in [-0.2, -0.15) is 0 Å². The largest absolute Gasteiger partial charge is 0.395 e. The lowest BCUT2D eigenvalue weighted by atomic mass is 10.1. The zero-order chi connectivity index (χ0) is 14.7. The van der Waals surface area contributed by atoms with Crippen LogP contribution >= 0.6 is 11.6 Å². The lowest BCUT2D eigenvalue weighted by Gasteiger charge is -2.19. The summed E-state index contributed by atoms with van der Waals surface area (Å²) in [5.41, 5.74) is 0.386. The Kier molecular flexibility index (Phi) is 4.75. The summed E-state index contributed by atoms with van der Waals surface area (Å²) in [7, 11) is 0. The molecule has 5 nitrogen and oxygen atoms in total. The Balaban J connectivity index is 2.25. The van der Waals surface area contributed by atoms with Crippen molar-refractivity contribution in [2.45, 2.75) is 26.4 Å². The lowest BCUT2D eigenvalue weighted by Crippen LogP contribution is -2.37. The van der Waals surface area contributed by atoms with Gasteiger partial charge in [0, 0.05) is 11.1 Å². The molecule has 0 spiro atoms. The molecule has 1 heterocycles. The monoisotopic (exact) mass is 295 g/mol. The first kappa shape index (κ1) is 15.0. The molecule has 2 rings (SSSR count). The molecule has 1 aromatic carbocycles. The summed E-state index contributed by atoms with van der Waals surface area (Å²) in [6.07, 6.45) is 0. The van der Waals surface area contributed by atoms with Crippen LogP contribution in [0.3, 0.4) is 0 Å². The molecule has 3 N–H and O–H groups in total. The quantitative estimate of drug-likeness (QED) is 0.784. The summed E-state index contributed by atoms with van der Waals surface area (Å²) in [6.45, 7) is 4.47. The van der Waals surface area contributed by atoms with E-state index in [0.717, 1.165) is 0 Å². The van der Waals surface area contributed by atoms with E-state index in [1.807, 2.05) is 13.8 Å². The summed E-state index contributed by atoms with van der Waals surface area (Å²) >= 11 is 5.91. The molecule has 0 fully saturated rings. The molecule has 0 saturated carbocycles. The molecule has 1 atom stereocenters. The highest BCUT2D eigenvalue weighted by Gasteiger charge is 2.12. The molecule has 6 heteroatoms. The summed E-state index contributed by atoms with van der Waals surface area (Å²) in [5.74, 6) is 0.825. The maximum absolute atomic E-state index is 11.9. The van der Waals surface area contributed by atoms with Gasteiger partial charge in [0.05, 0.1) is 24.1 Å². The van der Waals surface area contributed by atoms with E-state index in [0.29, 0.717) is 34.2 Å². The van der Waals surface area contributed by atoms with E-state index in [-0.39, 0.29) is 18.2 Å². The third-order valence-corrected chi connectivity index (χ3v) is 3.49. The average molecular weight is 296 g/mol. The van der Waals surface area contributed by atoms with Crippen LogP contribution in [0.2, 0.25) is 5.02 Å². The molecule has 0 saturated heterocycles. The Hall–Kier alpha value is -1.43. The predicted octanol–water partition coefficient (Wildman–Crippen LogP) is 1.68. The number of aromatic amines is 1. The minimum atomic E-state index is -0.187. The van der Waals surface area contributed by atoms with Crippen molar-refractivity contribution in [1.82, 2.24) is 15.3 Å². The SMILES string of the molecule is CC(C)C(CO)NCc1nc2cc(Cl)ccc2c(=O)[nH]1. The van der Waals surface area contributed by atoms with Crippen LogP contribution in [0, 0.1) is 5.92 Å². The molecule has 1 aromatic heterocycles. The fourth-order valence-corrected chi connectivity index (χ4v) is 2.15. The molecule has 20 heavy (non-hydrogen) atoms. The molecule has 0 bridgehead atoms. The van der Waals surface area contributed by atoms with Crippen molar-refractivity contribution in [2.24, 2.45) is 5.92 Å². The number of aliphatic hydroxyl groups is 1. The van der Waals surface area contributed by atoms with Crippen molar-refractivity contribution in [3.63, 3.8) is 0 Å². The van der Waals surface area contributed by atoms with Gasteiger partial charge in [0.25, 0.3) is 5.56 Å². The predicted molar refractivity (Wildman–Crippen MR) is 79.9 cm³/mol. The first-order chi connectivity index (χ1) is 9.51. The second kappa shape index (κ2) is 6.35.